The number of alkyl halides is 3. The number of carbonyl (C=O) groups is 2. The van der Waals surface area contributed by atoms with Gasteiger partial charge in [-0.15, -0.1) is 13.2 Å². The predicted molar refractivity (Wildman–Crippen MR) is 64.4 cm³/mol. The number of halogens is 3. The molecule has 0 heterocycles. The van der Waals surface area contributed by atoms with Crippen molar-refractivity contribution in [2.45, 2.75) is 12.8 Å². The van der Waals surface area contributed by atoms with Crippen LogP contribution in [0.5, 0.6) is 5.75 Å². The molecule has 0 bridgehead atoms. The van der Waals surface area contributed by atoms with Crippen LogP contribution in [-0.2, 0) is 25.5 Å². The fourth-order valence-corrected chi connectivity index (χ4v) is 1.61. The summed E-state index contributed by atoms with van der Waals surface area (Å²) in [5.74, 6) is -3.12. The summed E-state index contributed by atoms with van der Waals surface area (Å²) in [6.45, 7) is 0. The van der Waals surface area contributed by atoms with Crippen molar-refractivity contribution in [1.82, 2.24) is 0 Å². The normalized spacial score (nSPS) is 11.1. The number of benzene rings is 1. The molecule has 0 aliphatic carbocycles. The molecule has 8 heteroatoms. The Balaban J connectivity index is 2.81. The van der Waals surface area contributed by atoms with E-state index in [1.54, 1.807) is 0 Å². The molecule has 21 heavy (non-hydrogen) atoms. The van der Waals surface area contributed by atoms with Crippen molar-refractivity contribution in [3.05, 3.63) is 29.8 Å². The number of carbonyl (C=O) groups excluding carboxylic acids is 2. The van der Waals surface area contributed by atoms with Crippen LogP contribution in [0.1, 0.15) is 5.56 Å². The molecule has 0 N–H and O–H groups in total. The third kappa shape index (κ3) is 5.33. The zero-order valence-electron chi connectivity index (χ0n) is 11.3. The Bertz CT molecular complexity index is 480. The van der Waals surface area contributed by atoms with E-state index >= 15 is 0 Å². The van der Waals surface area contributed by atoms with E-state index in [4.69, 9.17) is 0 Å². The Hall–Kier alpha value is -2.25. The summed E-state index contributed by atoms with van der Waals surface area (Å²) >= 11 is 0. The maximum absolute atomic E-state index is 12.0. The van der Waals surface area contributed by atoms with Gasteiger partial charge in [0.15, 0.2) is 5.92 Å². The summed E-state index contributed by atoms with van der Waals surface area (Å²) < 4.78 is 48.7. The van der Waals surface area contributed by atoms with E-state index in [9.17, 15) is 22.8 Å². The Morgan fingerprint density at radius 2 is 1.52 bits per heavy atom. The van der Waals surface area contributed by atoms with Crippen LogP contribution in [0.4, 0.5) is 13.2 Å². The van der Waals surface area contributed by atoms with Gasteiger partial charge >= 0.3 is 18.3 Å². The second-order valence-corrected chi connectivity index (χ2v) is 3.99. The van der Waals surface area contributed by atoms with Crippen LogP contribution in [0.15, 0.2) is 24.3 Å². The molecule has 0 saturated heterocycles. The molecule has 0 aromatic heterocycles. The first kappa shape index (κ1) is 16.8. The van der Waals surface area contributed by atoms with E-state index in [0.29, 0.717) is 5.56 Å². The summed E-state index contributed by atoms with van der Waals surface area (Å²) in [5.41, 5.74) is 0.463. The maximum Gasteiger partial charge on any atom is 0.573 e. The number of ether oxygens (including phenoxy) is 3. The van der Waals surface area contributed by atoms with Crippen molar-refractivity contribution in [2.75, 3.05) is 14.2 Å². The summed E-state index contributed by atoms with van der Waals surface area (Å²) in [5, 5.41) is 0. The van der Waals surface area contributed by atoms with Gasteiger partial charge in [0, 0.05) is 0 Å². The highest BCUT2D eigenvalue weighted by molar-refractivity contribution is 5.95. The Labute approximate surface area is 118 Å². The first-order valence-corrected chi connectivity index (χ1v) is 5.77. The first-order valence-electron chi connectivity index (χ1n) is 5.77. The lowest BCUT2D eigenvalue weighted by Crippen LogP contribution is -2.28. The average molecular weight is 306 g/mol. The molecule has 0 fully saturated rings. The largest absolute Gasteiger partial charge is 0.573 e. The SMILES string of the molecule is COC(=O)C(Cc1ccc(OC(F)(F)F)cc1)C(=O)OC. The van der Waals surface area contributed by atoms with Gasteiger partial charge in [0.05, 0.1) is 14.2 Å². The molecule has 1 aromatic rings. The fourth-order valence-electron chi connectivity index (χ4n) is 1.61. The molecule has 5 nitrogen and oxygen atoms in total. The minimum atomic E-state index is -4.78. The minimum Gasteiger partial charge on any atom is -0.468 e. The molecule has 1 rings (SSSR count). The third-order valence-corrected chi connectivity index (χ3v) is 2.57. The Morgan fingerprint density at radius 3 is 1.90 bits per heavy atom. The molecular weight excluding hydrogens is 293 g/mol. The van der Waals surface area contributed by atoms with Gasteiger partial charge < -0.3 is 14.2 Å². The van der Waals surface area contributed by atoms with Crippen LogP contribution >= 0.6 is 0 Å². The lowest BCUT2D eigenvalue weighted by Gasteiger charge is -2.13. The summed E-state index contributed by atoms with van der Waals surface area (Å²) in [7, 11) is 2.25. The van der Waals surface area contributed by atoms with Crippen LogP contribution in [0.2, 0.25) is 0 Å². The monoisotopic (exact) mass is 306 g/mol. The van der Waals surface area contributed by atoms with Crippen molar-refractivity contribution in [3.63, 3.8) is 0 Å². The van der Waals surface area contributed by atoms with Crippen molar-refractivity contribution >= 4 is 11.9 Å². The average Bonchev–Trinajstić information content (AvgIpc) is 2.43. The molecule has 0 radical (unpaired) electrons. The lowest BCUT2D eigenvalue weighted by atomic mass is 9.99. The topological polar surface area (TPSA) is 61.8 Å². The van der Waals surface area contributed by atoms with Crippen LogP contribution in [0, 0.1) is 5.92 Å². The molecule has 0 aliphatic heterocycles. The maximum atomic E-state index is 12.0. The van der Waals surface area contributed by atoms with E-state index in [1.165, 1.54) is 12.1 Å². The van der Waals surface area contributed by atoms with Gasteiger partial charge in [0.25, 0.3) is 0 Å². The zero-order chi connectivity index (χ0) is 16.0. The molecule has 0 atom stereocenters. The number of methoxy groups -OCH3 is 2. The lowest BCUT2D eigenvalue weighted by molar-refractivity contribution is -0.274. The second-order valence-electron chi connectivity index (χ2n) is 3.99. The van der Waals surface area contributed by atoms with Gasteiger partial charge in [0.1, 0.15) is 5.75 Å². The zero-order valence-corrected chi connectivity index (χ0v) is 11.3. The minimum absolute atomic E-state index is 0.0500. The molecular formula is C13H13F3O5. The van der Waals surface area contributed by atoms with Crippen molar-refractivity contribution in [1.29, 1.82) is 0 Å². The van der Waals surface area contributed by atoms with Gasteiger partial charge in [-0.25, -0.2) is 0 Å². The van der Waals surface area contributed by atoms with Gasteiger partial charge in [0.2, 0.25) is 0 Å². The predicted octanol–water partition coefficient (Wildman–Crippen LogP) is 2.09. The number of hydrogen-bond acceptors (Lipinski definition) is 5. The Morgan fingerprint density at radius 1 is 1.05 bits per heavy atom. The molecule has 1 aromatic carbocycles. The molecule has 0 saturated carbocycles. The molecule has 116 valence electrons. The van der Waals surface area contributed by atoms with Gasteiger partial charge in [-0.3, -0.25) is 9.59 Å². The standard InChI is InChI=1S/C13H13F3O5/c1-19-11(17)10(12(18)20-2)7-8-3-5-9(6-4-8)21-13(14,15)16/h3-6,10H,7H2,1-2H3. The first-order chi connectivity index (χ1) is 9.76. The summed E-state index contributed by atoms with van der Waals surface area (Å²) in [6, 6.07) is 4.82. The highest BCUT2D eigenvalue weighted by atomic mass is 19.4. The molecule has 0 unspecified atom stereocenters. The smallest absolute Gasteiger partial charge is 0.468 e. The van der Waals surface area contributed by atoms with Crippen molar-refractivity contribution in [2.24, 2.45) is 5.92 Å². The number of esters is 2. The van der Waals surface area contributed by atoms with E-state index in [-0.39, 0.29) is 12.2 Å². The van der Waals surface area contributed by atoms with E-state index in [0.717, 1.165) is 26.4 Å². The van der Waals surface area contributed by atoms with Crippen LogP contribution in [0.3, 0.4) is 0 Å². The van der Waals surface area contributed by atoms with E-state index in [1.807, 2.05) is 0 Å². The number of hydrogen-bond donors (Lipinski definition) is 0. The highest BCUT2D eigenvalue weighted by Crippen LogP contribution is 2.23. The quantitative estimate of drug-likeness (QED) is 0.616. The van der Waals surface area contributed by atoms with Gasteiger partial charge in [-0.1, -0.05) is 12.1 Å². The van der Waals surface area contributed by atoms with Crippen LogP contribution in [-0.4, -0.2) is 32.5 Å². The summed E-state index contributed by atoms with van der Waals surface area (Å²) in [6.07, 6.45) is -4.83. The Kier molecular flexibility index (Phi) is 5.57. The van der Waals surface area contributed by atoms with E-state index < -0.39 is 24.2 Å². The fraction of sp³-hybridized carbons (Fsp3) is 0.385. The number of rotatable bonds is 5. The van der Waals surface area contributed by atoms with Gasteiger partial charge in [-0.05, 0) is 24.1 Å². The van der Waals surface area contributed by atoms with Crippen LogP contribution in [0.25, 0.3) is 0 Å². The highest BCUT2D eigenvalue weighted by Gasteiger charge is 2.31. The molecule has 0 spiro atoms. The second kappa shape index (κ2) is 6.96. The molecule has 0 aliphatic rings. The summed E-state index contributed by atoms with van der Waals surface area (Å²) in [4.78, 5) is 22.9. The van der Waals surface area contributed by atoms with E-state index in [2.05, 4.69) is 14.2 Å². The molecule has 0 amide bonds. The van der Waals surface area contributed by atoms with Gasteiger partial charge in [-0.2, -0.15) is 0 Å². The van der Waals surface area contributed by atoms with Crippen LogP contribution < -0.4 is 4.74 Å². The van der Waals surface area contributed by atoms with Crippen molar-refractivity contribution in [3.8, 4) is 5.75 Å². The third-order valence-electron chi connectivity index (χ3n) is 2.57. The van der Waals surface area contributed by atoms with Crippen molar-refractivity contribution < 1.29 is 37.0 Å².